The summed E-state index contributed by atoms with van der Waals surface area (Å²) in [7, 11) is 0. The van der Waals surface area contributed by atoms with Crippen molar-refractivity contribution in [3.8, 4) is 11.8 Å². The molecule has 0 radical (unpaired) electrons. The first-order valence-corrected chi connectivity index (χ1v) is 7.24. The molecule has 0 aliphatic heterocycles. The van der Waals surface area contributed by atoms with E-state index < -0.39 is 0 Å². The van der Waals surface area contributed by atoms with Crippen LogP contribution in [0.4, 0.5) is 0 Å². The maximum Gasteiger partial charge on any atom is 0.257 e. The summed E-state index contributed by atoms with van der Waals surface area (Å²) in [6.45, 7) is 0.662. The predicted molar refractivity (Wildman–Crippen MR) is 77.6 cm³/mol. The molecule has 1 aromatic rings. The number of nitrogens with zero attached hydrogens (tertiary/aromatic N) is 1. The molecule has 1 saturated carbocycles. The van der Waals surface area contributed by atoms with E-state index in [1.54, 1.807) is 24.3 Å². The monoisotopic (exact) mass is 288 g/mol. The first-order chi connectivity index (χ1) is 10.2. The van der Waals surface area contributed by atoms with Crippen molar-refractivity contribution in [2.45, 2.75) is 19.3 Å². The van der Waals surface area contributed by atoms with Gasteiger partial charge in [0.1, 0.15) is 11.8 Å². The van der Waals surface area contributed by atoms with Gasteiger partial charge in [0.2, 0.25) is 0 Å². The fourth-order valence-electron chi connectivity index (χ4n) is 2.75. The second-order valence-electron chi connectivity index (χ2n) is 5.33. The molecule has 21 heavy (non-hydrogen) atoms. The molecule has 2 unspecified atom stereocenters. The number of ether oxygens (including phenoxy) is 1. The molecular formula is C16H20N2O3. The Labute approximate surface area is 124 Å². The highest BCUT2D eigenvalue weighted by Crippen LogP contribution is 2.30. The molecule has 0 bridgehead atoms. The van der Waals surface area contributed by atoms with Crippen LogP contribution in [-0.2, 0) is 4.79 Å². The second kappa shape index (κ2) is 7.65. The normalized spacial score (nSPS) is 20.8. The van der Waals surface area contributed by atoms with E-state index in [0.717, 1.165) is 19.3 Å². The van der Waals surface area contributed by atoms with Gasteiger partial charge in [-0.3, -0.25) is 4.79 Å². The number of nitriles is 1. The number of rotatable bonds is 6. The van der Waals surface area contributed by atoms with Crippen LogP contribution in [0.3, 0.4) is 0 Å². The lowest BCUT2D eigenvalue weighted by Crippen LogP contribution is -2.34. The maximum atomic E-state index is 11.8. The molecule has 1 aliphatic carbocycles. The Bertz CT molecular complexity index is 524. The number of carbonyl (C=O) groups is 1. The van der Waals surface area contributed by atoms with Crippen LogP contribution in [0.15, 0.2) is 24.3 Å². The van der Waals surface area contributed by atoms with Crippen LogP contribution >= 0.6 is 0 Å². The van der Waals surface area contributed by atoms with Gasteiger partial charge in [0.15, 0.2) is 6.61 Å². The van der Waals surface area contributed by atoms with Crippen molar-refractivity contribution in [1.82, 2.24) is 5.32 Å². The zero-order chi connectivity index (χ0) is 15.1. The zero-order valence-electron chi connectivity index (χ0n) is 11.9. The van der Waals surface area contributed by atoms with Gasteiger partial charge in [0, 0.05) is 13.2 Å². The molecule has 0 heterocycles. The van der Waals surface area contributed by atoms with E-state index in [1.807, 2.05) is 6.07 Å². The molecule has 2 atom stereocenters. The van der Waals surface area contributed by atoms with Crippen molar-refractivity contribution in [1.29, 1.82) is 5.26 Å². The summed E-state index contributed by atoms with van der Waals surface area (Å²) in [5.41, 5.74) is 0.418. The molecule has 2 N–H and O–H groups in total. The molecule has 1 amide bonds. The van der Waals surface area contributed by atoms with E-state index >= 15 is 0 Å². The zero-order valence-corrected chi connectivity index (χ0v) is 11.9. The largest absolute Gasteiger partial charge is 0.482 e. The third-order valence-corrected chi connectivity index (χ3v) is 3.98. The Hall–Kier alpha value is -2.06. The highest BCUT2D eigenvalue weighted by Gasteiger charge is 2.26. The van der Waals surface area contributed by atoms with Crippen LogP contribution in [0.25, 0.3) is 0 Å². The van der Waals surface area contributed by atoms with E-state index in [2.05, 4.69) is 5.32 Å². The Morgan fingerprint density at radius 3 is 2.90 bits per heavy atom. The molecule has 5 heteroatoms. The van der Waals surface area contributed by atoms with Gasteiger partial charge in [-0.05, 0) is 36.8 Å². The maximum absolute atomic E-state index is 11.8. The summed E-state index contributed by atoms with van der Waals surface area (Å²) in [6.07, 6.45) is 3.19. The minimum Gasteiger partial charge on any atom is -0.482 e. The van der Waals surface area contributed by atoms with Crippen molar-refractivity contribution in [3.05, 3.63) is 29.8 Å². The number of benzene rings is 1. The number of para-hydroxylation sites is 1. The molecule has 0 aromatic heterocycles. The fourth-order valence-corrected chi connectivity index (χ4v) is 2.75. The molecule has 112 valence electrons. The summed E-state index contributed by atoms with van der Waals surface area (Å²) in [5, 5.41) is 21.0. The summed E-state index contributed by atoms with van der Waals surface area (Å²) in [4.78, 5) is 11.8. The standard InChI is InChI=1S/C16H20N2O3/c17-8-12-4-1-2-7-15(12)21-11-16(20)18-9-13-5-3-6-14(13)10-19/h1-2,4,7,13-14,19H,3,5-6,9-11H2,(H,18,20). The molecule has 1 aliphatic rings. The van der Waals surface area contributed by atoms with Crippen LogP contribution < -0.4 is 10.1 Å². The SMILES string of the molecule is N#Cc1ccccc1OCC(=O)NCC1CCCC1CO. The summed E-state index contributed by atoms with van der Waals surface area (Å²) in [6, 6.07) is 8.86. The van der Waals surface area contributed by atoms with Crippen molar-refractivity contribution in [2.24, 2.45) is 11.8 Å². The van der Waals surface area contributed by atoms with Crippen LogP contribution in [0.1, 0.15) is 24.8 Å². The molecule has 1 fully saturated rings. The number of hydrogen-bond acceptors (Lipinski definition) is 4. The average Bonchev–Trinajstić information content (AvgIpc) is 2.98. The Morgan fingerprint density at radius 2 is 2.14 bits per heavy atom. The molecular weight excluding hydrogens is 268 g/mol. The van der Waals surface area contributed by atoms with Gasteiger partial charge in [-0.1, -0.05) is 18.6 Å². The lowest BCUT2D eigenvalue weighted by molar-refractivity contribution is -0.123. The first-order valence-electron chi connectivity index (χ1n) is 7.24. The number of carbonyl (C=O) groups excluding carboxylic acids is 1. The van der Waals surface area contributed by atoms with E-state index in [-0.39, 0.29) is 19.1 Å². The average molecular weight is 288 g/mol. The van der Waals surface area contributed by atoms with E-state index in [1.165, 1.54) is 0 Å². The number of nitrogens with one attached hydrogen (secondary N) is 1. The number of aliphatic hydroxyl groups is 1. The van der Waals surface area contributed by atoms with Crippen LogP contribution in [-0.4, -0.2) is 30.8 Å². The Kier molecular flexibility index (Phi) is 5.59. The lowest BCUT2D eigenvalue weighted by atomic mass is 9.97. The van der Waals surface area contributed by atoms with Gasteiger partial charge < -0.3 is 15.2 Å². The topological polar surface area (TPSA) is 82.3 Å². The Morgan fingerprint density at radius 1 is 1.38 bits per heavy atom. The third kappa shape index (κ3) is 4.20. The van der Waals surface area contributed by atoms with Gasteiger partial charge in [-0.15, -0.1) is 0 Å². The number of hydrogen-bond donors (Lipinski definition) is 2. The van der Waals surface area contributed by atoms with Crippen LogP contribution in [0.2, 0.25) is 0 Å². The fraction of sp³-hybridized carbons (Fsp3) is 0.500. The van der Waals surface area contributed by atoms with Crippen molar-refractivity contribution in [3.63, 3.8) is 0 Å². The molecule has 0 saturated heterocycles. The second-order valence-corrected chi connectivity index (χ2v) is 5.33. The molecule has 2 rings (SSSR count). The highest BCUT2D eigenvalue weighted by molar-refractivity contribution is 5.77. The van der Waals surface area contributed by atoms with Gasteiger partial charge in [0.25, 0.3) is 5.91 Å². The molecule has 0 spiro atoms. The number of aliphatic hydroxyl groups excluding tert-OH is 1. The predicted octanol–water partition coefficient (Wildman–Crippen LogP) is 1.46. The molecule has 1 aromatic carbocycles. The quantitative estimate of drug-likeness (QED) is 0.830. The Balaban J connectivity index is 1.76. The summed E-state index contributed by atoms with van der Waals surface area (Å²) >= 11 is 0. The summed E-state index contributed by atoms with van der Waals surface area (Å²) < 4.78 is 5.37. The van der Waals surface area contributed by atoms with Gasteiger partial charge in [0.05, 0.1) is 5.56 Å². The van der Waals surface area contributed by atoms with Crippen LogP contribution in [0.5, 0.6) is 5.75 Å². The van der Waals surface area contributed by atoms with E-state index in [4.69, 9.17) is 10.00 Å². The highest BCUT2D eigenvalue weighted by atomic mass is 16.5. The smallest absolute Gasteiger partial charge is 0.257 e. The van der Waals surface area contributed by atoms with Crippen molar-refractivity contribution < 1.29 is 14.6 Å². The first kappa shape index (κ1) is 15.3. The van der Waals surface area contributed by atoms with Gasteiger partial charge in [-0.2, -0.15) is 5.26 Å². The third-order valence-electron chi connectivity index (χ3n) is 3.98. The number of amides is 1. The molecule has 5 nitrogen and oxygen atoms in total. The van der Waals surface area contributed by atoms with Gasteiger partial charge >= 0.3 is 0 Å². The van der Waals surface area contributed by atoms with Crippen molar-refractivity contribution in [2.75, 3.05) is 19.8 Å². The minimum absolute atomic E-state index is 0.102. The minimum atomic E-state index is -0.202. The van der Waals surface area contributed by atoms with E-state index in [0.29, 0.717) is 29.7 Å². The van der Waals surface area contributed by atoms with Crippen molar-refractivity contribution >= 4 is 5.91 Å². The lowest BCUT2D eigenvalue weighted by Gasteiger charge is -2.17. The summed E-state index contributed by atoms with van der Waals surface area (Å²) in [5.74, 6) is 0.867. The van der Waals surface area contributed by atoms with Gasteiger partial charge in [-0.25, -0.2) is 0 Å². The van der Waals surface area contributed by atoms with Crippen LogP contribution in [0, 0.1) is 23.2 Å². The van der Waals surface area contributed by atoms with E-state index in [9.17, 15) is 9.90 Å².